The molecule has 0 spiro atoms. The van der Waals surface area contributed by atoms with Crippen molar-refractivity contribution in [2.75, 3.05) is 18.0 Å². The molecule has 0 aliphatic carbocycles. The van der Waals surface area contributed by atoms with E-state index in [0.29, 0.717) is 12.2 Å². The third-order valence-electron chi connectivity index (χ3n) is 3.36. The molecule has 0 bridgehead atoms. The first-order chi connectivity index (χ1) is 10.0. The van der Waals surface area contributed by atoms with Crippen molar-refractivity contribution in [3.63, 3.8) is 0 Å². The van der Waals surface area contributed by atoms with E-state index < -0.39 is 10.0 Å². The molecule has 1 aromatic carbocycles. The number of aromatic nitrogens is 1. The van der Waals surface area contributed by atoms with Crippen molar-refractivity contribution in [1.82, 2.24) is 4.98 Å². The molecular weight excluding hydrogens is 332 g/mol. The van der Waals surface area contributed by atoms with Gasteiger partial charge < -0.3 is 4.74 Å². The van der Waals surface area contributed by atoms with E-state index in [1.54, 1.807) is 19.2 Å². The molecule has 2 heterocycles. The molecule has 21 heavy (non-hydrogen) atoms. The zero-order chi connectivity index (χ0) is 15.0. The largest absolute Gasteiger partial charge is 0.497 e. The van der Waals surface area contributed by atoms with Gasteiger partial charge in [-0.05, 0) is 36.6 Å². The van der Waals surface area contributed by atoms with Gasteiger partial charge >= 0.3 is 0 Å². The van der Waals surface area contributed by atoms with Gasteiger partial charge in [-0.3, -0.25) is 4.31 Å². The lowest BCUT2D eigenvalue weighted by atomic mass is 10.0. The van der Waals surface area contributed by atoms with Gasteiger partial charge in [-0.15, -0.1) is 0 Å². The number of nitrogens with zero attached hydrogens (tertiary/aromatic N) is 2. The van der Waals surface area contributed by atoms with Gasteiger partial charge in [0.1, 0.15) is 5.75 Å². The van der Waals surface area contributed by atoms with Crippen molar-refractivity contribution in [2.45, 2.75) is 17.1 Å². The SMILES string of the molecule is COc1ccc2c(c1)CCCN2S(=O)(=O)c1cnc(Cl)s1. The summed E-state index contributed by atoms with van der Waals surface area (Å²) in [5.74, 6) is 0.730. The molecule has 1 aliphatic rings. The molecule has 0 N–H and O–H groups in total. The summed E-state index contributed by atoms with van der Waals surface area (Å²) in [7, 11) is -2.01. The fraction of sp³-hybridized carbons (Fsp3) is 0.308. The van der Waals surface area contributed by atoms with E-state index in [9.17, 15) is 8.42 Å². The second-order valence-electron chi connectivity index (χ2n) is 4.61. The van der Waals surface area contributed by atoms with E-state index in [4.69, 9.17) is 16.3 Å². The van der Waals surface area contributed by atoms with Crippen molar-refractivity contribution in [3.8, 4) is 5.75 Å². The molecule has 5 nitrogen and oxygen atoms in total. The number of benzene rings is 1. The maximum absolute atomic E-state index is 12.7. The zero-order valence-electron chi connectivity index (χ0n) is 11.2. The van der Waals surface area contributed by atoms with Crippen LogP contribution in [0.15, 0.2) is 28.6 Å². The number of fused-ring (bicyclic) bond motifs is 1. The minimum absolute atomic E-state index is 0.163. The maximum Gasteiger partial charge on any atom is 0.275 e. The number of aryl methyl sites for hydroxylation is 1. The molecule has 0 fully saturated rings. The van der Waals surface area contributed by atoms with Crippen LogP contribution < -0.4 is 9.04 Å². The summed E-state index contributed by atoms with van der Waals surface area (Å²) >= 11 is 6.72. The number of methoxy groups -OCH3 is 1. The molecule has 0 saturated heterocycles. The zero-order valence-corrected chi connectivity index (χ0v) is 13.6. The number of rotatable bonds is 3. The van der Waals surface area contributed by atoms with Crippen molar-refractivity contribution >= 4 is 38.6 Å². The Balaban J connectivity index is 2.06. The Hall–Kier alpha value is -1.31. The van der Waals surface area contributed by atoms with Crippen LogP contribution in [0, 0.1) is 0 Å². The monoisotopic (exact) mass is 344 g/mol. The number of thiazole rings is 1. The van der Waals surface area contributed by atoms with E-state index in [2.05, 4.69) is 4.98 Å². The predicted molar refractivity (Wildman–Crippen MR) is 83.0 cm³/mol. The van der Waals surface area contributed by atoms with Crippen molar-refractivity contribution < 1.29 is 13.2 Å². The Morgan fingerprint density at radius 1 is 1.43 bits per heavy atom. The second kappa shape index (κ2) is 5.47. The number of ether oxygens (including phenoxy) is 1. The summed E-state index contributed by atoms with van der Waals surface area (Å²) in [6, 6.07) is 5.44. The molecule has 0 radical (unpaired) electrons. The van der Waals surface area contributed by atoms with E-state index in [1.807, 2.05) is 6.07 Å². The number of hydrogen-bond acceptors (Lipinski definition) is 5. The molecule has 8 heteroatoms. The first kappa shape index (κ1) is 14.6. The Bertz CT molecular complexity index is 773. The highest BCUT2D eigenvalue weighted by Gasteiger charge is 2.30. The maximum atomic E-state index is 12.7. The molecular formula is C13H13ClN2O3S2. The quantitative estimate of drug-likeness (QED) is 0.859. The average Bonchev–Trinajstić information content (AvgIpc) is 2.93. The van der Waals surface area contributed by atoms with Gasteiger partial charge in [-0.1, -0.05) is 22.9 Å². The fourth-order valence-corrected chi connectivity index (χ4v) is 5.33. The minimum Gasteiger partial charge on any atom is -0.497 e. The minimum atomic E-state index is -3.61. The van der Waals surface area contributed by atoms with Crippen LogP contribution in [-0.4, -0.2) is 27.1 Å². The smallest absolute Gasteiger partial charge is 0.275 e. The molecule has 112 valence electrons. The lowest BCUT2D eigenvalue weighted by Crippen LogP contribution is -2.35. The van der Waals surface area contributed by atoms with E-state index in [0.717, 1.165) is 35.5 Å². The summed E-state index contributed by atoms with van der Waals surface area (Å²) in [4.78, 5) is 3.82. The first-order valence-corrected chi connectivity index (χ1v) is 8.97. The molecule has 0 atom stereocenters. The van der Waals surface area contributed by atoms with Crippen LogP contribution in [0.2, 0.25) is 4.47 Å². The first-order valence-electron chi connectivity index (χ1n) is 6.33. The number of sulfonamides is 1. The molecule has 1 aliphatic heterocycles. The topological polar surface area (TPSA) is 59.5 Å². The third-order valence-corrected chi connectivity index (χ3v) is 6.73. The van der Waals surface area contributed by atoms with Gasteiger partial charge in [0.15, 0.2) is 8.68 Å². The predicted octanol–water partition coefficient (Wildman–Crippen LogP) is 2.95. The highest BCUT2D eigenvalue weighted by molar-refractivity contribution is 7.94. The standard InChI is InChI=1S/C13H13ClN2O3S2/c1-19-10-4-5-11-9(7-10)3-2-6-16(11)21(17,18)12-8-15-13(14)20-12/h4-5,7-8H,2-3,6H2,1H3. The molecule has 3 rings (SSSR count). The van der Waals surface area contributed by atoms with Crippen molar-refractivity contribution in [1.29, 1.82) is 0 Å². The molecule has 0 saturated carbocycles. The van der Waals surface area contributed by atoms with Gasteiger partial charge in [-0.25, -0.2) is 13.4 Å². The van der Waals surface area contributed by atoms with Crippen LogP contribution in [0.4, 0.5) is 5.69 Å². The van der Waals surface area contributed by atoms with Crippen LogP contribution in [0.3, 0.4) is 0 Å². The molecule has 0 amide bonds. The molecule has 1 aromatic heterocycles. The normalized spacial score (nSPS) is 14.9. The van der Waals surface area contributed by atoms with Gasteiger partial charge in [0.2, 0.25) is 0 Å². The summed E-state index contributed by atoms with van der Waals surface area (Å²) in [5.41, 5.74) is 1.67. The Morgan fingerprint density at radius 3 is 2.90 bits per heavy atom. The van der Waals surface area contributed by atoms with Crippen molar-refractivity contribution in [2.24, 2.45) is 0 Å². The highest BCUT2D eigenvalue weighted by Crippen LogP contribution is 2.35. The third kappa shape index (κ3) is 2.61. The van der Waals surface area contributed by atoms with Gasteiger partial charge in [0.25, 0.3) is 10.0 Å². The fourth-order valence-electron chi connectivity index (χ4n) is 2.38. The number of halogens is 1. The average molecular weight is 345 g/mol. The Kier molecular flexibility index (Phi) is 3.81. The summed E-state index contributed by atoms with van der Waals surface area (Å²) in [6.45, 7) is 0.456. The van der Waals surface area contributed by atoms with E-state index >= 15 is 0 Å². The lowest BCUT2D eigenvalue weighted by molar-refractivity contribution is 0.414. The van der Waals surface area contributed by atoms with E-state index in [-0.39, 0.29) is 8.68 Å². The van der Waals surface area contributed by atoms with Crippen LogP contribution in [0.5, 0.6) is 5.75 Å². The summed E-state index contributed by atoms with van der Waals surface area (Å²) in [5, 5.41) is 0. The lowest BCUT2D eigenvalue weighted by Gasteiger charge is -2.30. The van der Waals surface area contributed by atoms with Crippen LogP contribution in [0.25, 0.3) is 0 Å². The Morgan fingerprint density at radius 2 is 2.24 bits per heavy atom. The van der Waals surface area contributed by atoms with Gasteiger partial charge in [0.05, 0.1) is 19.0 Å². The molecule has 2 aromatic rings. The second-order valence-corrected chi connectivity index (χ2v) is 8.31. The van der Waals surface area contributed by atoms with Crippen LogP contribution >= 0.6 is 22.9 Å². The van der Waals surface area contributed by atoms with Gasteiger partial charge in [0, 0.05) is 6.54 Å². The van der Waals surface area contributed by atoms with Crippen LogP contribution in [0.1, 0.15) is 12.0 Å². The van der Waals surface area contributed by atoms with Gasteiger partial charge in [-0.2, -0.15) is 0 Å². The number of hydrogen-bond donors (Lipinski definition) is 0. The van der Waals surface area contributed by atoms with Crippen LogP contribution in [-0.2, 0) is 16.4 Å². The number of anilines is 1. The van der Waals surface area contributed by atoms with E-state index in [1.165, 1.54) is 10.5 Å². The molecule has 0 unspecified atom stereocenters. The highest BCUT2D eigenvalue weighted by atomic mass is 35.5. The Labute approximate surface area is 132 Å². The summed E-state index contributed by atoms with van der Waals surface area (Å²) in [6.07, 6.45) is 2.91. The summed E-state index contributed by atoms with van der Waals surface area (Å²) < 4.78 is 32.5. The van der Waals surface area contributed by atoms with Crippen molar-refractivity contribution in [3.05, 3.63) is 34.4 Å².